The van der Waals surface area contributed by atoms with Crippen LogP contribution in [-0.2, 0) is 6.54 Å². The van der Waals surface area contributed by atoms with Gasteiger partial charge in [-0.15, -0.1) is 5.10 Å². The number of piperidine rings is 1. The van der Waals surface area contributed by atoms with Crippen molar-refractivity contribution in [1.82, 2.24) is 25.0 Å². The summed E-state index contributed by atoms with van der Waals surface area (Å²) in [5, 5.41) is 18.6. The lowest BCUT2D eigenvalue weighted by Gasteiger charge is -2.40. The molecule has 2 aromatic heterocycles. The molecule has 1 fully saturated rings. The molecule has 0 aliphatic carbocycles. The van der Waals surface area contributed by atoms with Gasteiger partial charge in [0.2, 0.25) is 0 Å². The lowest BCUT2D eigenvalue weighted by atomic mass is 9.92. The van der Waals surface area contributed by atoms with Gasteiger partial charge in [-0.05, 0) is 26.7 Å². The van der Waals surface area contributed by atoms with Gasteiger partial charge in [-0.2, -0.15) is 0 Å². The van der Waals surface area contributed by atoms with Crippen molar-refractivity contribution >= 4 is 5.82 Å². The number of aromatic nitrogens is 5. The summed E-state index contributed by atoms with van der Waals surface area (Å²) < 4.78 is 1.68. The molecule has 0 aromatic carbocycles. The van der Waals surface area contributed by atoms with Crippen molar-refractivity contribution in [2.45, 2.75) is 38.8 Å². The average Bonchev–Trinajstić information content (AvgIpc) is 2.93. The highest BCUT2D eigenvalue weighted by Crippen LogP contribution is 2.27. The number of nitrogens with zero attached hydrogens (tertiary/aromatic N) is 6. The quantitative estimate of drug-likeness (QED) is 0.896. The largest absolute Gasteiger partial charge is 0.386 e. The van der Waals surface area contributed by atoms with E-state index in [9.17, 15) is 5.11 Å². The molecular formula is C14H20N6O. The molecule has 7 heteroatoms. The molecule has 3 rings (SSSR count). The van der Waals surface area contributed by atoms with E-state index in [2.05, 4.69) is 25.2 Å². The van der Waals surface area contributed by atoms with Gasteiger partial charge in [-0.25, -0.2) is 9.67 Å². The fourth-order valence-corrected chi connectivity index (χ4v) is 2.87. The highest BCUT2D eigenvalue weighted by molar-refractivity contribution is 5.44. The van der Waals surface area contributed by atoms with Crippen molar-refractivity contribution in [1.29, 1.82) is 0 Å². The van der Waals surface area contributed by atoms with Crippen LogP contribution in [0, 0.1) is 13.8 Å². The van der Waals surface area contributed by atoms with Gasteiger partial charge in [0.25, 0.3) is 0 Å². The molecule has 3 heterocycles. The monoisotopic (exact) mass is 288 g/mol. The summed E-state index contributed by atoms with van der Waals surface area (Å²) in [6, 6.07) is 0. The summed E-state index contributed by atoms with van der Waals surface area (Å²) in [6.45, 7) is 5.75. The maximum absolute atomic E-state index is 10.9. The third-order valence-electron chi connectivity index (χ3n) is 3.83. The summed E-state index contributed by atoms with van der Waals surface area (Å²) in [4.78, 5) is 11.1. The Morgan fingerprint density at radius 2 is 2.24 bits per heavy atom. The predicted molar refractivity (Wildman–Crippen MR) is 77.9 cm³/mol. The molecule has 1 aliphatic rings. The Kier molecular flexibility index (Phi) is 3.59. The summed E-state index contributed by atoms with van der Waals surface area (Å²) >= 11 is 0. The predicted octanol–water partition coefficient (Wildman–Crippen LogP) is 0.716. The van der Waals surface area contributed by atoms with Crippen molar-refractivity contribution in [3.8, 4) is 0 Å². The number of hydrogen-bond acceptors (Lipinski definition) is 6. The molecule has 0 radical (unpaired) electrons. The standard InChI is InChI=1S/C14H20N6O/c1-11-8-15-12(2)13(17-11)19-6-3-4-14(21,9-19)10-20-7-5-16-18-20/h5,7-8,21H,3-4,6,9-10H2,1-2H3. The summed E-state index contributed by atoms with van der Waals surface area (Å²) in [5.41, 5.74) is 0.968. The number of aliphatic hydroxyl groups is 1. The highest BCUT2D eigenvalue weighted by Gasteiger charge is 2.35. The molecule has 1 unspecified atom stereocenters. The maximum atomic E-state index is 10.9. The van der Waals surface area contributed by atoms with Crippen LogP contribution in [0.25, 0.3) is 0 Å². The van der Waals surface area contributed by atoms with Crippen LogP contribution >= 0.6 is 0 Å². The molecular weight excluding hydrogens is 268 g/mol. The number of hydrogen-bond donors (Lipinski definition) is 1. The molecule has 0 spiro atoms. The molecule has 0 saturated carbocycles. The number of aryl methyl sites for hydroxylation is 2. The fraction of sp³-hybridized carbons (Fsp3) is 0.571. The second kappa shape index (κ2) is 5.40. The Morgan fingerprint density at radius 1 is 1.38 bits per heavy atom. The van der Waals surface area contributed by atoms with Gasteiger partial charge in [0.05, 0.1) is 24.1 Å². The summed E-state index contributed by atoms with van der Waals surface area (Å²) in [6.07, 6.45) is 6.83. The Labute approximate surface area is 123 Å². The van der Waals surface area contributed by atoms with Crippen LogP contribution in [0.3, 0.4) is 0 Å². The minimum Gasteiger partial charge on any atom is -0.386 e. The van der Waals surface area contributed by atoms with Crippen LogP contribution in [0.5, 0.6) is 0 Å². The van der Waals surface area contributed by atoms with E-state index in [0.717, 1.165) is 36.6 Å². The summed E-state index contributed by atoms with van der Waals surface area (Å²) in [7, 11) is 0. The zero-order valence-electron chi connectivity index (χ0n) is 12.4. The van der Waals surface area contributed by atoms with E-state index in [0.29, 0.717) is 13.1 Å². The summed E-state index contributed by atoms with van der Waals surface area (Å²) in [5.74, 6) is 0.867. The molecule has 0 amide bonds. The van der Waals surface area contributed by atoms with E-state index < -0.39 is 5.60 Å². The SMILES string of the molecule is Cc1cnc(C)c(N2CCCC(O)(Cn3ccnn3)C2)n1. The third-order valence-corrected chi connectivity index (χ3v) is 3.83. The molecule has 1 atom stereocenters. The normalized spacial score (nSPS) is 22.5. The van der Waals surface area contributed by atoms with Crippen molar-refractivity contribution in [3.63, 3.8) is 0 Å². The molecule has 1 saturated heterocycles. The van der Waals surface area contributed by atoms with E-state index in [1.807, 2.05) is 13.8 Å². The van der Waals surface area contributed by atoms with Crippen LogP contribution in [0.15, 0.2) is 18.6 Å². The second-order valence-corrected chi connectivity index (χ2v) is 5.77. The van der Waals surface area contributed by atoms with Crippen LogP contribution < -0.4 is 4.90 Å². The lowest BCUT2D eigenvalue weighted by molar-refractivity contribution is 0.00580. The number of β-amino-alcohol motifs (C(OH)–C–C–N with tert-alkyl or cyclic N) is 1. The minimum atomic E-state index is -0.816. The van der Waals surface area contributed by atoms with E-state index in [-0.39, 0.29) is 0 Å². The van der Waals surface area contributed by atoms with Gasteiger partial charge < -0.3 is 10.0 Å². The molecule has 2 aromatic rings. The Hall–Kier alpha value is -2.02. The van der Waals surface area contributed by atoms with E-state index in [1.54, 1.807) is 23.3 Å². The van der Waals surface area contributed by atoms with Crippen LogP contribution in [-0.4, -0.2) is 48.8 Å². The zero-order chi connectivity index (χ0) is 14.9. The third kappa shape index (κ3) is 3.02. The topological polar surface area (TPSA) is 80.0 Å². The van der Waals surface area contributed by atoms with Gasteiger partial charge in [-0.3, -0.25) is 4.98 Å². The maximum Gasteiger partial charge on any atom is 0.150 e. The van der Waals surface area contributed by atoms with Gasteiger partial charge in [-0.1, -0.05) is 5.21 Å². The van der Waals surface area contributed by atoms with E-state index >= 15 is 0 Å². The van der Waals surface area contributed by atoms with Crippen LogP contribution in [0.1, 0.15) is 24.2 Å². The highest BCUT2D eigenvalue weighted by atomic mass is 16.3. The second-order valence-electron chi connectivity index (χ2n) is 5.77. The van der Waals surface area contributed by atoms with Gasteiger partial charge in [0.1, 0.15) is 11.4 Å². The van der Waals surface area contributed by atoms with Gasteiger partial charge in [0.15, 0.2) is 0 Å². The van der Waals surface area contributed by atoms with E-state index in [1.165, 1.54) is 0 Å². The Balaban J connectivity index is 1.80. The smallest absolute Gasteiger partial charge is 0.150 e. The van der Waals surface area contributed by atoms with Gasteiger partial charge in [0, 0.05) is 25.5 Å². The zero-order valence-corrected chi connectivity index (χ0v) is 12.4. The fourth-order valence-electron chi connectivity index (χ4n) is 2.87. The van der Waals surface area contributed by atoms with Crippen molar-refractivity contribution in [2.75, 3.05) is 18.0 Å². The first-order chi connectivity index (χ1) is 10.1. The number of anilines is 1. The van der Waals surface area contributed by atoms with Crippen molar-refractivity contribution < 1.29 is 5.11 Å². The Morgan fingerprint density at radius 3 is 3.00 bits per heavy atom. The number of rotatable bonds is 3. The molecule has 21 heavy (non-hydrogen) atoms. The molecule has 1 N–H and O–H groups in total. The van der Waals surface area contributed by atoms with Crippen LogP contribution in [0.2, 0.25) is 0 Å². The Bertz CT molecular complexity index is 614. The van der Waals surface area contributed by atoms with Crippen LogP contribution in [0.4, 0.5) is 5.82 Å². The first kappa shape index (κ1) is 13.9. The molecule has 112 valence electrons. The lowest BCUT2D eigenvalue weighted by Crippen LogP contribution is -2.51. The van der Waals surface area contributed by atoms with Crippen molar-refractivity contribution in [2.24, 2.45) is 0 Å². The molecule has 7 nitrogen and oxygen atoms in total. The first-order valence-electron chi connectivity index (χ1n) is 7.17. The average molecular weight is 288 g/mol. The van der Waals surface area contributed by atoms with Gasteiger partial charge >= 0.3 is 0 Å². The molecule has 0 bridgehead atoms. The minimum absolute atomic E-state index is 0.446. The van der Waals surface area contributed by atoms with E-state index in [4.69, 9.17) is 0 Å². The molecule has 1 aliphatic heterocycles. The first-order valence-corrected chi connectivity index (χ1v) is 7.17. The van der Waals surface area contributed by atoms with Crippen molar-refractivity contribution in [3.05, 3.63) is 30.0 Å².